The lowest BCUT2D eigenvalue weighted by Gasteiger charge is -2.13. The van der Waals surface area contributed by atoms with Crippen LogP contribution in [-0.4, -0.2) is 16.7 Å². The molecule has 0 saturated carbocycles. The lowest BCUT2D eigenvalue weighted by atomic mass is 10.1. The Bertz CT molecular complexity index is 925. The third kappa shape index (κ3) is 2.44. The van der Waals surface area contributed by atoms with Crippen LogP contribution in [-0.2, 0) is 9.59 Å². The number of rotatable bonds is 2. The Morgan fingerprint density at radius 1 is 0.880 bits per heavy atom. The van der Waals surface area contributed by atoms with E-state index in [1.165, 1.54) is 24.3 Å². The van der Waals surface area contributed by atoms with Crippen LogP contribution in [0.25, 0.3) is 0 Å². The third-order valence-corrected chi connectivity index (χ3v) is 4.28. The number of nitro groups is 1. The largest absolute Gasteiger partial charge is 0.269 e. The van der Waals surface area contributed by atoms with E-state index in [0.717, 1.165) is 16.0 Å². The van der Waals surface area contributed by atoms with Crippen molar-refractivity contribution in [3.8, 4) is 0 Å². The van der Waals surface area contributed by atoms with Crippen LogP contribution in [0.1, 0.15) is 6.42 Å². The second-order valence-electron chi connectivity index (χ2n) is 5.88. The van der Waals surface area contributed by atoms with E-state index in [0.29, 0.717) is 23.3 Å². The summed E-state index contributed by atoms with van der Waals surface area (Å²) in [6, 6.07) is 5.38. The number of fused-ring (bicyclic) bond motifs is 3. The number of nitrogens with zero attached hydrogens (tertiary/aromatic N) is 2. The fraction of sp³-hybridized carbons (Fsp3) is 0.0526. The van der Waals surface area contributed by atoms with Crippen molar-refractivity contribution in [3.05, 3.63) is 93.1 Å². The summed E-state index contributed by atoms with van der Waals surface area (Å²) in [5.41, 5.74) is 2.84. The van der Waals surface area contributed by atoms with Crippen LogP contribution in [0.2, 0.25) is 0 Å². The van der Waals surface area contributed by atoms with Gasteiger partial charge in [-0.15, -0.1) is 0 Å². The molecule has 0 atom stereocenters. The average molecular weight is 332 g/mol. The van der Waals surface area contributed by atoms with E-state index < -0.39 is 16.7 Å². The molecule has 0 aromatic heterocycles. The first-order valence-corrected chi connectivity index (χ1v) is 7.68. The van der Waals surface area contributed by atoms with Crippen LogP contribution < -0.4 is 4.90 Å². The summed E-state index contributed by atoms with van der Waals surface area (Å²) in [4.78, 5) is 36.9. The Balaban J connectivity index is 1.79. The van der Waals surface area contributed by atoms with Crippen molar-refractivity contribution in [1.29, 1.82) is 0 Å². The first-order valence-electron chi connectivity index (χ1n) is 7.68. The van der Waals surface area contributed by atoms with Crippen LogP contribution >= 0.6 is 0 Å². The molecule has 0 N–H and O–H groups in total. The summed E-state index contributed by atoms with van der Waals surface area (Å²) in [6.45, 7) is 0. The van der Waals surface area contributed by atoms with E-state index in [1.54, 1.807) is 12.2 Å². The normalized spacial score (nSPS) is 18.6. The predicted octanol–water partition coefficient (Wildman–Crippen LogP) is 3.15. The number of non-ortho nitro benzene ring substituents is 1. The quantitative estimate of drug-likeness (QED) is 0.473. The zero-order chi connectivity index (χ0) is 17.6. The minimum absolute atomic E-state index is 0.0945. The second kappa shape index (κ2) is 5.52. The molecule has 1 aromatic rings. The number of nitro benzene ring substituents is 1. The zero-order valence-corrected chi connectivity index (χ0v) is 13.0. The molecule has 1 saturated heterocycles. The summed E-state index contributed by atoms with van der Waals surface area (Å²) in [5.74, 6) is -0.830. The average Bonchev–Trinajstić information content (AvgIpc) is 2.83. The van der Waals surface area contributed by atoms with Gasteiger partial charge in [0, 0.05) is 12.1 Å². The van der Waals surface area contributed by atoms with Gasteiger partial charge in [-0.3, -0.25) is 19.7 Å². The summed E-state index contributed by atoms with van der Waals surface area (Å²) >= 11 is 0. The highest BCUT2D eigenvalue weighted by atomic mass is 16.6. The molecule has 0 spiro atoms. The van der Waals surface area contributed by atoms with Crippen molar-refractivity contribution < 1.29 is 14.5 Å². The Hall–Kier alpha value is -3.54. The van der Waals surface area contributed by atoms with E-state index in [1.807, 2.05) is 24.3 Å². The molecule has 6 nitrogen and oxygen atoms in total. The standard InChI is InChI=1S/C19H12N2O4/c22-18-16-10-12-3-1-2-4-13(9-12)11-17(16)19(23)20(18)14-5-7-15(8-6-14)21(24)25/h1-8,10-11H,9H2. The molecule has 0 unspecified atom stereocenters. The number of imide groups is 1. The number of hydrogen-bond acceptors (Lipinski definition) is 4. The van der Waals surface area contributed by atoms with E-state index in [-0.39, 0.29) is 5.69 Å². The molecule has 2 aliphatic carbocycles. The molecule has 1 fully saturated rings. The lowest BCUT2D eigenvalue weighted by Crippen LogP contribution is -2.29. The highest BCUT2D eigenvalue weighted by Gasteiger charge is 2.40. The summed E-state index contributed by atoms with van der Waals surface area (Å²) in [5, 5.41) is 10.8. The Morgan fingerprint density at radius 2 is 1.40 bits per heavy atom. The molecule has 1 heterocycles. The van der Waals surface area contributed by atoms with Crippen LogP contribution in [0.15, 0.2) is 83.0 Å². The maximum atomic E-state index is 12.8. The number of allylic oxidation sites excluding steroid dienone is 8. The molecule has 4 rings (SSSR count). The second-order valence-corrected chi connectivity index (χ2v) is 5.88. The van der Waals surface area contributed by atoms with Crippen LogP contribution in [0.4, 0.5) is 11.4 Å². The summed E-state index contributed by atoms with van der Waals surface area (Å²) in [7, 11) is 0. The van der Waals surface area contributed by atoms with Gasteiger partial charge in [0.15, 0.2) is 0 Å². The van der Waals surface area contributed by atoms with Crippen molar-refractivity contribution in [3.63, 3.8) is 0 Å². The monoisotopic (exact) mass is 332 g/mol. The third-order valence-electron chi connectivity index (χ3n) is 4.28. The van der Waals surface area contributed by atoms with Gasteiger partial charge in [0.2, 0.25) is 0 Å². The van der Waals surface area contributed by atoms with Crippen molar-refractivity contribution in [1.82, 2.24) is 0 Å². The van der Waals surface area contributed by atoms with Gasteiger partial charge >= 0.3 is 0 Å². The molecule has 6 heteroatoms. The molecule has 3 aliphatic rings. The van der Waals surface area contributed by atoms with E-state index in [4.69, 9.17) is 0 Å². The van der Waals surface area contributed by atoms with Crippen molar-refractivity contribution >= 4 is 23.2 Å². The maximum absolute atomic E-state index is 12.8. The molecular weight excluding hydrogens is 320 g/mol. The van der Waals surface area contributed by atoms with Gasteiger partial charge in [-0.25, -0.2) is 4.90 Å². The Labute approximate surface area is 142 Å². The van der Waals surface area contributed by atoms with Gasteiger partial charge in [0.1, 0.15) is 0 Å². The predicted molar refractivity (Wildman–Crippen MR) is 91.7 cm³/mol. The van der Waals surface area contributed by atoms with Gasteiger partial charge in [0.25, 0.3) is 17.5 Å². The highest BCUT2D eigenvalue weighted by Crippen LogP contribution is 2.36. The topological polar surface area (TPSA) is 80.5 Å². The van der Waals surface area contributed by atoms with Crippen LogP contribution in [0.3, 0.4) is 0 Å². The van der Waals surface area contributed by atoms with Gasteiger partial charge < -0.3 is 0 Å². The number of carbonyl (C=O) groups is 2. The van der Waals surface area contributed by atoms with Crippen LogP contribution in [0.5, 0.6) is 0 Å². The number of anilines is 1. The van der Waals surface area contributed by atoms with Gasteiger partial charge in [0.05, 0.1) is 21.8 Å². The first-order chi connectivity index (χ1) is 12.0. The smallest absolute Gasteiger partial charge is 0.268 e. The Morgan fingerprint density at radius 3 is 1.88 bits per heavy atom. The summed E-state index contributed by atoms with van der Waals surface area (Å²) < 4.78 is 0. The van der Waals surface area contributed by atoms with Gasteiger partial charge in [-0.2, -0.15) is 0 Å². The lowest BCUT2D eigenvalue weighted by molar-refractivity contribution is -0.384. The number of hydrogen-bond donors (Lipinski definition) is 0. The van der Waals surface area contributed by atoms with Crippen molar-refractivity contribution in [2.75, 3.05) is 4.90 Å². The van der Waals surface area contributed by atoms with Gasteiger partial charge in [-0.05, 0) is 41.9 Å². The molecule has 1 aromatic carbocycles. The molecule has 2 bridgehead atoms. The fourth-order valence-corrected chi connectivity index (χ4v) is 3.08. The van der Waals surface area contributed by atoms with Gasteiger partial charge in [-0.1, -0.05) is 24.3 Å². The Kier molecular flexibility index (Phi) is 3.32. The van der Waals surface area contributed by atoms with Crippen molar-refractivity contribution in [2.24, 2.45) is 0 Å². The zero-order valence-electron chi connectivity index (χ0n) is 13.0. The number of carbonyl (C=O) groups excluding carboxylic acids is 2. The molecule has 0 radical (unpaired) electrons. The molecule has 122 valence electrons. The van der Waals surface area contributed by atoms with E-state index in [2.05, 4.69) is 0 Å². The van der Waals surface area contributed by atoms with Crippen LogP contribution in [0, 0.1) is 10.1 Å². The van der Waals surface area contributed by atoms with E-state index >= 15 is 0 Å². The van der Waals surface area contributed by atoms with Crippen molar-refractivity contribution in [2.45, 2.75) is 6.42 Å². The molecular formula is C19H12N2O4. The number of benzene rings is 1. The minimum Gasteiger partial charge on any atom is -0.268 e. The minimum atomic E-state index is -0.525. The SMILES string of the molecule is O=C1C2=CC3=CC=CC=C(C=C2C(=O)N1c1ccc([N+](=O)[O-])cc1)C3. The van der Waals surface area contributed by atoms with E-state index in [9.17, 15) is 19.7 Å². The number of amides is 2. The highest BCUT2D eigenvalue weighted by molar-refractivity contribution is 6.37. The molecule has 1 aliphatic heterocycles. The maximum Gasteiger partial charge on any atom is 0.269 e. The fourth-order valence-electron chi connectivity index (χ4n) is 3.08. The summed E-state index contributed by atoms with van der Waals surface area (Å²) in [6.07, 6.45) is 11.8. The molecule has 2 amide bonds. The first kappa shape index (κ1) is 15.0. The molecule has 25 heavy (non-hydrogen) atoms.